The maximum atomic E-state index is 12.8. The molecule has 0 aromatic carbocycles. The second-order valence-electron chi connectivity index (χ2n) is 5.56. The number of carbonyl (C=O) groups excluding carboxylic acids is 1. The van der Waals surface area contributed by atoms with E-state index in [2.05, 4.69) is 4.74 Å². The van der Waals surface area contributed by atoms with E-state index in [0.717, 1.165) is 16.2 Å². The number of rotatable bonds is 2. The van der Waals surface area contributed by atoms with Gasteiger partial charge in [-0.05, 0) is 25.0 Å². The first-order chi connectivity index (χ1) is 10.7. The van der Waals surface area contributed by atoms with E-state index >= 15 is 0 Å². The van der Waals surface area contributed by atoms with Crippen molar-refractivity contribution in [1.29, 1.82) is 0 Å². The minimum Gasteiger partial charge on any atom is -0.365 e. The van der Waals surface area contributed by atoms with Crippen LogP contribution in [0.5, 0.6) is 0 Å². The molecule has 2 rings (SSSR count). The van der Waals surface area contributed by atoms with Crippen LogP contribution in [-0.4, -0.2) is 47.4 Å². The second kappa shape index (κ2) is 6.35. The average Bonchev–Trinajstić information content (AvgIpc) is 2.50. The number of amides is 1. The van der Waals surface area contributed by atoms with Crippen molar-refractivity contribution in [2.24, 2.45) is 7.05 Å². The summed E-state index contributed by atoms with van der Waals surface area (Å²) in [6.45, 7) is 2.89. The quantitative estimate of drug-likeness (QED) is 0.828. The molecule has 8 heteroatoms. The third kappa shape index (κ3) is 3.41. The normalized spacial score (nSPS) is 19.0. The Bertz CT molecular complexity index is 667. The zero-order valence-electron chi connectivity index (χ0n) is 13.2. The maximum absolute atomic E-state index is 12.8. The van der Waals surface area contributed by atoms with Crippen molar-refractivity contribution in [2.45, 2.75) is 32.5 Å². The largest absolute Gasteiger partial charge is 0.416 e. The molecule has 2 heterocycles. The number of nitrogens with zero attached hydrogens (tertiary/aromatic N) is 2. The lowest BCUT2D eigenvalue weighted by Gasteiger charge is -2.33. The topological polar surface area (TPSA) is 51.5 Å². The fourth-order valence-electron chi connectivity index (χ4n) is 2.80. The number of aryl methyl sites for hydroxylation is 1. The summed E-state index contributed by atoms with van der Waals surface area (Å²) in [4.78, 5) is 25.8. The molecule has 0 aliphatic carbocycles. The van der Waals surface area contributed by atoms with Crippen molar-refractivity contribution in [1.82, 2.24) is 9.47 Å². The standard InChI is InChI=1S/C15H19F3N2O3/c1-4-11-9(2)7-10(13(21)19(11)3)14(22)20-5-6-23-12(8-20)15(16,17)18/h7,12H,4-6,8H2,1-3H3/t12-/m0/s1. The Kier molecular flexibility index (Phi) is 4.84. The molecular formula is C15H19F3N2O3. The highest BCUT2D eigenvalue weighted by Crippen LogP contribution is 2.26. The summed E-state index contributed by atoms with van der Waals surface area (Å²) >= 11 is 0. The van der Waals surface area contributed by atoms with Gasteiger partial charge in [0.05, 0.1) is 13.2 Å². The predicted molar refractivity (Wildman–Crippen MR) is 77.5 cm³/mol. The van der Waals surface area contributed by atoms with E-state index < -0.39 is 30.3 Å². The van der Waals surface area contributed by atoms with Gasteiger partial charge >= 0.3 is 6.18 Å². The molecule has 0 saturated carbocycles. The van der Waals surface area contributed by atoms with Crippen molar-refractivity contribution in [3.05, 3.63) is 33.2 Å². The summed E-state index contributed by atoms with van der Waals surface area (Å²) in [5.41, 5.74) is 0.956. The molecule has 0 bridgehead atoms. The Hall–Kier alpha value is -1.83. The van der Waals surface area contributed by atoms with Crippen LogP contribution in [0.2, 0.25) is 0 Å². The van der Waals surface area contributed by atoms with Crippen molar-refractivity contribution >= 4 is 5.91 Å². The minimum absolute atomic E-state index is 0.0309. The van der Waals surface area contributed by atoms with E-state index in [1.807, 2.05) is 6.92 Å². The number of hydrogen-bond acceptors (Lipinski definition) is 3. The first-order valence-corrected chi connectivity index (χ1v) is 7.33. The third-order valence-corrected chi connectivity index (χ3v) is 4.04. The van der Waals surface area contributed by atoms with Crippen LogP contribution < -0.4 is 5.56 Å². The van der Waals surface area contributed by atoms with Crippen molar-refractivity contribution in [2.75, 3.05) is 19.7 Å². The molecule has 1 fully saturated rings. The lowest BCUT2D eigenvalue weighted by atomic mass is 10.1. The third-order valence-electron chi connectivity index (χ3n) is 4.04. The van der Waals surface area contributed by atoms with Crippen LogP contribution in [0.4, 0.5) is 13.2 Å². The summed E-state index contributed by atoms with van der Waals surface area (Å²) in [7, 11) is 1.56. The molecule has 1 amide bonds. The molecule has 0 spiro atoms. The highest BCUT2D eigenvalue weighted by molar-refractivity contribution is 5.94. The van der Waals surface area contributed by atoms with Crippen LogP contribution in [0.25, 0.3) is 0 Å². The summed E-state index contributed by atoms with van der Waals surface area (Å²) in [6.07, 6.45) is -5.92. The van der Waals surface area contributed by atoms with E-state index in [9.17, 15) is 22.8 Å². The van der Waals surface area contributed by atoms with Gasteiger partial charge in [-0.15, -0.1) is 0 Å². The number of alkyl halides is 3. The molecule has 1 atom stereocenters. The first kappa shape index (κ1) is 17.5. The zero-order valence-corrected chi connectivity index (χ0v) is 13.2. The monoisotopic (exact) mass is 332 g/mol. The molecule has 1 aromatic heterocycles. The molecule has 1 aliphatic heterocycles. The van der Waals surface area contributed by atoms with Crippen LogP contribution in [-0.2, 0) is 18.2 Å². The molecule has 0 N–H and O–H groups in total. The van der Waals surface area contributed by atoms with E-state index in [0.29, 0.717) is 6.42 Å². The van der Waals surface area contributed by atoms with Gasteiger partial charge in [0.2, 0.25) is 0 Å². The van der Waals surface area contributed by atoms with Crippen LogP contribution in [0.15, 0.2) is 10.9 Å². The number of carbonyl (C=O) groups is 1. The highest BCUT2D eigenvalue weighted by Gasteiger charge is 2.44. The molecule has 23 heavy (non-hydrogen) atoms. The van der Waals surface area contributed by atoms with Crippen LogP contribution in [0, 0.1) is 6.92 Å². The Morgan fingerprint density at radius 3 is 2.65 bits per heavy atom. The Morgan fingerprint density at radius 2 is 2.09 bits per heavy atom. The van der Waals surface area contributed by atoms with E-state index in [1.165, 1.54) is 10.6 Å². The van der Waals surface area contributed by atoms with Crippen molar-refractivity contribution in [3.63, 3.8) is 0 Å². The number of morpholine rings is 1. The highest BCUT2D eigenvalue weighted by atomic mass is 19.4. The Balaban J connectivity index is 2.33. The lowest BCUT2D eigenvalue weighted by Crippen LogP contribution is -2.52. The molecule has 5 nitrogen and oxygen atoms in total. The van der Waals surface area contributed by atoms with Crippen molar-refractivity contribution < 1.29 is 22.7 Å². The molecule has 1 saturated heterocycles. The summed E-state index contributed by atoms with van der Waals surface area (Å²) < 4.78 is 44.3. The van der Waals surface area contributed by atoms with E-state index in [4.69, 9.17) is 0 Å². The predicted octanol–water partition coefficient (Wildman–Crippen LogP) is 1.66. The smallest absolute Gasteiger partial charge is 0.365 e. The van der Waals surface area contributed by atoms with Gasteiger partial charge in [-0.2, -0.15) is 13.2 Å². The van der Waals surface area contributed by atoms with Crippen LogP contribution in [0.1, 0.15) is 28.5 Å². The van der Waals surface area contributed by atoms with Gasteiger partial charge in [-0.1, -0.05) is 6.92 Å². The Morgan fingerprint density at radius 1 is 1.43 bits per heavy atom. The van der Waals surface area contributed by atoms with Gasteiger partial charge in [-0.25, -0.2) is 0 Å². The van der Waals surface area contributed by atoms with E-state index in [-0.39, 0.29) is 18.7 Å². The second-order valence-corrected chi connectivity index (χ2v) is 5.56. The molecule has 0 unspecified atom stereocenters. The zero-order chi connectivity index (χ0) is 17.4. The van der Waals surface area contributed by atoms with Gasteiger partial charge in [0.25, 0.3) is 11.5 Å². The number of halogens is 3. The Labute approximate surface area is 131 Å². The number of aromatic nitrogens is 1. The fraction of sp³-hybridized carbons (Fsp3) is 0.600. The van der Waals surface area contributed by atoms with Gasteiger partial charge in [0.15, 0.2) is 6.10 Å². The molecule has 1 aromatic rings. The minimum atomic E-state index is -4.54. The van der Waals surface area contributed by atoms with Gasteiger partial charge in [-0.3, -0.25) is 9.59 Å². The molecule has 1 aliphatic rings. The summed E-state index contributed by atoms with van der Waals surface area (Å²) in [5, 5.41) is 0. The van der Waals surface area contributed by atoms with Crippen molar-refractivity contribution in [3.8, 4) is 0 Å². The fourth-order valence-corrected chi connectivity index (χ4v) is 2.80. The summed E-state index contributed by atoms with van der Waals surface area (Å²) in [6, 6.07) is 1.46. The van der Waals surface area contributed by atoms with Gasteiger partial charge in [0.1, 0.15) is 5.56 Å². The molecule has 128 valence electrons. The van der Waals surface area contributed by atoms with Gasteiger partial charge < -0.3 is 14.2 Å². The number of pyridine rings is 1. The first-order valence-electron chi connectivity index (χ1n) is 7.33. The van der Waals surface area contributed by atoms with Crippen LogP contribution >= 0.6 is 0 Å². The lowest BCUT2D eigenvalue weighted by molar-refractivity contribution is -0.233. The average molecular weight is 332 g/mol. The molecule has 0 radical (unpaired) electrons. The number of ether oxygens (including phenoxy) is 1. The molecular weight excluding hydrogens is 313 g/mol. The SMILES string of the molecule is CCc1c(C)cc(C(=O)N2CCO[C@H](C(F)(F)F)C2)c(=O)n1C. The van der Waals surface area contributed by atoms with Gasteiger partial charge in [0, 0.05) is 19.3 Å². The van der Waals surface area contributed by atoms with Crippen LogP contribution in [0.3, 0.4) is 0 Å². The van der Waals surface area contributed by atoms with E-state index in [1.54, 1.807) is 14.0 Å². The summed E-state index contributed by atoms with van der Waals surface area (Å²) in [5.74, 6) is -0.686. The number of hydrogen-bond donors (Lipinski definition) is 0. The maximum Gasteiger partial charge on any atom is 0.416 e.